The molecule has 1 amide bonds. The lowest BCUT2D eigenvalue weighted by molar-refractivity contribution is -0.143. The lowest BCUT2D eigenvalue weighted by Gasteiger charge is -2.34. The number of hydrogen-bond donors (Lipinski definition) is 0. The van der Waals surface area contributed by atoms with Crippen molar-refractivity contribution in [1.29, 1.82) is 5.26 Å². The highest BCUT2D eigenvalue weighted by Crippen LogP contribution is 2.26. The third-order valence-corrected chi connectivity index (χ3v) is 4.17. The van der Waals surface area contributed by atoms with Crippen LogP contribution >= 0.6 is 0 Å². The van der Waals surface area contributed by atoms with Crippen molar-refractivity contribution in [1.82, 2.24) is 4.90 Å². The van der Waals surface area contributed by atoms with Gasteiger partial charge < -0.3 is 18.8 Å². The number of morpholine rings is 1. The molecule has 1 aromatic carbocycles. The van der Waals surface area contributed by atoms with E-state index in [0.29, 0.717) is 31.1 Å². The predicted octanol–water partition coefficient (Wildman–Crippen LogP) is 2.69. The second-order valence-electron chi connectivity index (χ2n) is 5.73. The van der Waals surface area contributed by atoms with E-state index in [4.69, 9.17) is 19.2 Å². The molecule has 1 unspecified atom stereocenters. The number of benzene rings is 1. The Morgan fingerprint density at radius 1 is 1.36 bits per heavy atom. The molecule has 1 atom stereocenters. The first kappa shape index (κ1) is 17.1. The summed E-state index contributed by atoms with van der Waals surface area (Å²) >= 11 is 0. The molecule has 1 aliphatic heterocycles. The summed E-state index contributed by atoms with van der Waals surface area (Å²) < 4.78 is 16.9. The van der Waals surface area contributed by atoms with E-state index in [2.05, 4.69) is 6.07 Å². The van der Waals surface area contributed by atoms with Crippen LogP contribution in [0, 0.1) is 11.3 Å². The second kappa shape index (κ2) is 7.86. The summed E-state index contributed by atoms with van der Waals surface area (Å²) in [5, 5.41) is 9.09. The van der Waals surface area contributed by atoms with Crippen LogP contribution in [-0.4, -0.2) is 37.2 Å². The van der Waals surface area contributed by atoms with E-state index in [-0.39, 0.29) is 18.6 Å². The van der Waals surface area contributed by atoms with Crippen LogP contribution in [0.3, 0.4) is 0 Å². The topological polar surface area (TPSA) is 75.7 Å². The molecule has 0 N–H and O–H groups in total. The molecule has 2 heterocycles. The van der Waals surface area contributed by atoms with Gasteiger partial charge in [-0.05, 0) is 24.3 Å². The molecular weight excluding hydrogens is 320 g/mol. The Labute approximate surface area is 146 Å². The van der Waals surface area contributed by atoms with E-state index in [1.807, 2.05) is 19.1 Å². The molecule has 6 heteroatoms. The van der Waals surface area contributed by atoms with Crippen LogP contribution in [0.2, 0.25) is 0 Å². The maximum Gasteiger partial charge on any atom is 0.261 e. The van der Waals surface area contributed by atoms with Gasteiger partial charge in [-0.2, -0.15) is 5.26 Å². The Morgan fingerprint density at radius 2 is 2.20 bits per heavy atom. The molecular formula is C19H20N2O4. The number of rotatable bonds is 5. The van der Waals surface area contributed by atoms with Gasteiger partial charge in [-0.15, -0.1) is 0 Å². The van der Waals surface area contributed by atoms with Gasteiger partial charge >= 0.3 is 0 Å². The number of nitrogens with zero attached hydrogens (tertiary/aromatic N) is 2. The van der Waals surface area contributed by atoms with Gasteiger partial charge in [0.25, 0.3) is 5.91 Å². The normalized spacial score (nSPS) is 17.1. The molecule has 1 fully saturated rings. The molecule has 25 heavy (non-hydrogen) atoms. The van der Waals surface area contributed by atoms with E-state index in [1.54, 1.807) is 29.2 Å². The van der Waals surface area contributed by atoms with Crippen molar-refractivity contribution in [2.45, 2.75) is 19.4 Å². The highest BCUT2D eigenvalue weighted by atomic mass is 16.5. The van der Waals surface area contributed by atoms with Gasteiger partial charge in [-0.1, -0.05) is 19.1 Å². The fraction of sp³-hybridized carbons (Fsp3) is 0.368. The minimum atomic E-state index is -0.253. The molecule has 3 rings (SSSR count). The van der Waals surface area contributed by atoms with E-state index in [0.717, 1.165) is 17.9 Å². The summed E-state index contributed by atoms with van der Waals surface area (Å²) in [5.41, 5.74) is 0.410. The number of para-hydroxylation sites is 1. The Kier molecular flexibility index (Phi) is 5.36. The van der Waals surface area contributed by atoms with Crippen LogP contribution < -0.4 is 4.74 Å². The second-order valence-corrected chi connectivity index (χ2v) is 5.73. The maximum absolute atomic E-state index is 12.7. The Hall–Kier alpha value is -2.78. The monoisotopic (exact) mass is 340 g/mol. The number of amides is 1. The van der Waals surface area contributed by atoms with Crippen LogP contribution in [0.15, 0.2) is 40.8 Å². The molecule has 1 aromatic heterocycles. The van der Waals surface area contributed by atoms with Crippen molar-refractivity contribution in [3.05, 3.63) is 53.5 Å². The minimum Gasteiger partial charge on any atom is -0.482 e. The quantitative estimate of drug-likeness (QED) is 0.836. The summed E-state index contributed by atoms with van der Waals surface area (Å²) in [5.74, 6) is 1.86. The third-order valence-electron chi connectivity index (χ3n) is 4.17. The van der Waals surface area contributed by atoms with Crippen LogP contribution in [0.5, 0.6) is 5.75 Å². The summed E-state index contributed by atoms with van der Waals surface area (Å²) in [4.78, 5) is 14.4. The first-order valence-electron chi connectivity index (χ1n) is 8.30. The number of nitriles is 1. The molecule has 0 radical (unpaired) electrons. The zero-order chi connectivity index (χ0) is 17.6. The average Bonchev–Trinajstić information content (AvgIpc) is 3.15. The largest absolute Gasteiger partial charge is 0.482 e. The number of carbonyl (C=O) groups excluding carboxylic acids is 1. The van der Waals surface area contributed by atoms with E-state index in [1.165, 1.54) is 0 Å². The smallest absolute Gasteiger partial charge is 0.261 e. The minimum absolute atomic E-state index is 0.128. The van der Waals surface area contributed by atoms with Gasteiger partial charge in [0.15, 0.2) is 6.61 Å². The first-order valence-corrected chi connectivity index (χ1v) is 8.30. The van der Waals surface area contributed by atoms with Crippen molar-refractivity contribution < 1.29 is 18.7 Å². The van der Waals surface area contributed by atoms with Gasteiger partial charge in [-0.3, -0.25) is 4.79 Å². The van der Waals surface area contributed by atoms with Gasteiger partial charge in [0.2, 0.25) is 0 Å². The lowest BCUT2D eigenvalue weighted by atomic mass is 10.1. The number of ether oxygens (including phenoxy) is 2. The molecule has 0 saturated carbocycles. The molecule has 1 aliphatic rings. The van der Waals surface area contributed by atoms with Crippen molar-refractivity contribution in [2.75, 3.05) is 26.4 Å². The first-order chi connectivity index (χ1) is 12.2. The summed E-state index contributed by atoms with van der Waals surface area (Å²) in [7, 11) is 0. The summed E-state index contributed by atoms with van der Waals surface area (Å²) in [6, 6.07) is 12.5. The molecule has 0 bridgehead atoms. The molecule has 0 aliphatic carbocycles. The standard InChI is InChI=1S/C19H20N2O4/c1-2-15-7-8-18(25-15)16-12-23-10-9-21(16)19(22)13-24-17-6-4-3-5-14(17)11-20/h3-8,16H,2,9-10,12-13H2,1H3. The highest BCUT2D eigenvalue weighted by molar-refractivity contribution is 5.78. The van der Waals surface area contributed by atoms with E-state index < -0.39 is 0 Å². The molecule has 0 spiro atoms. The van der Waals surface area contributed by atoms with Crippen molar-refractivity contribution in [3.63, 3.8) is 0 Å². The van der Waals surface area contributed by atoms with E-state index >= 15 is 0 Å². The summed E-state index contributed by atoms with van der Waals surface area (Å²) in [6.07, 6.45) is 0.801. The van der Waals surface area contributed by atoms with E-state index in [9.17, 15) is 4.79 Å². The van der Waals surface area contributed by atoms with Gasteiger partial charge in [0.05, 0.1) is 18.8 Å². The Balaban J connectivity index is 1.69. The van der Waals surface area contributed by atoms with Crippen LogP contribution in [-0.2, 0) is 16.0 Å². The van der Waals surface area contributed by atoms with Crippen LogP contribution in [0.4, 0.5) is 0 Å². The SMILES string of the molecule is CCc1ccc(C2COCCN2C(=O)COc2ccccc2C#N)o1. The molecule has 1 saturated heterocycles. The molecule has 6 nitrogen and oxygen atoms in total. The average molecular weight is 340 g/mol. The lowest BCUT2D eigenvalue weighted by Crippen LogP contribution is -2.45. The third kappa shape index (κ3) is 3.83. The van der Waals surface area contributed by atoms with Gasteiger partial charge in [0, 0.05) is 13.0 Å². The molecule has 2 aromatic rings. The number of hydrogen-bond acceptors (Lipinski definition) is 5. The summed E-state index contributed by atoms with van der Waals surface area (Å²) in [6.45, 7) is 3.25. The Bertz CT molecular complexity index is 778. The zero-order valence-corrected chi connectivity index (χ0v) is 14.1. The van der Waals surface area contributed by atoms with Crippen molar-refractivity contribution in [2.24, 2.45) is 0 Å². The zero-order valence-electron chi connectivity index (χ0n) is 14.1. The van der Waals surface area contributed by atoms with Crippen molar-refractivity contribution in [3.8, 4) is 11.8 Å². The number of furan rings is 1. The predicted molar refractivity (Wildman–Crippen MR) is 90.0 cm³/mol. The highest BCUT2D eigenvalue weighted by Gasteiger charge is 2.31. The fourth-order valence-electron chi connectivity index (χ4n) is 2.81. The van der Waals surface area contributed by atoms with Crippen molar-refractivity contribution >= 4 is 5.91 Å². The van der Waals surface area contributed by atoms with Gasteiger partial charge in [-0.25, -0.2) is 0 Å². The number of carbonyl (C=O) groups is 1. The van der Waals surface area contributed by atoms with Gasteiger partial charge in [0.1, 0.15) is 29.4 Å². The number of aryl methyl sites for hydroxylation is 1. The van der Waals surface area contributed by atoms with Crippen LogP contribution in [0.1, 0.15) is 30.0 Å². The molecule has 130 valence electrons. The fourth-order valence-corrected chi connectivity index (χ4v) is 2.81. The maximum atomic E-state index is 12.7. The Morgan fingerprint density at radius 3 is 2.96 bits per heavy atom. The van der Waals surface area contributed by atoms with Crippen LogP contribution in [0.25, 0.3) is 0 Å².